The van der Waals surface area contributed by atoms with Crippen LogP contribution < -0.4 is 4.90 Å². The molecule has 0 N–H and O–H groups in total. The van der Waals surface area contributed by atoms with Crippen LogP contribution in [0.3, 0.4) is 0 Å². The summed E-state index contributed by atoms with van der Waals surface area (Å²) in [5.74, 6) is 0. The number of nitrogens with zero attached hydrogens (tertiary/aromatic N) is 3. The fraction of sp³-hybridized carbons (Fsp3) is 0.0149. The number of anilines is 3. The molecule has 2 aliphatic rings. The zero-order chi connectivity index (χ0) is 45.9. The highest BCUT2D eigenvalue weighted by molar-refractivity contribution is 6.13. The zero-order valence-corrected chi connectivity index (χ0v) is 38.2. The van der Waals surface area contributed by atoms with Gasteiger partial charge in [0.25, 0.3) is 0 Å². The normalized spacial score (nSPS) is 13.0. The van der Waals surface area contributed by atoms with Gasteiger partial charge in [-0.15, -0.1) is 0 Å². The fourth-order valence-corrected chi connectivity index (χ4v) is 12.5. The summed E-state index contributed by atoms with van der Waals surface area (Å²) in [6, 6.07) is 96.7. The molecule has 0 amide bonds. The van der Waals surface area contributed by atoms with E-state index in [2.05, 4.69) is 275 Å². The van der Waals surface area contributed by atoms with Crippen molar-refractivity contribution in [1.29, 1.82) is 0 Å². The number of hydrogen-bond donors (Lipinski definition) is 0. The van der Waals surface area contributed by atoms with E-state index in [1.807, 2.05) is 0 Å². The number of rotatable bonds is 6. The van der Waals surface area contributed by atoms with Gasteiger partial charge in [-0.1, -0.05) is 194 Å². The Morgan fingerprint density at radius 3 is 1.46 bits per heavy atom. The van der Waals surface area contributed by atoms with E-state index >= 15 is 0 Å². The second kappa shape index (κ2) is 14.9. The van der Waals surface area contributed by atoms with Crippen molar-refractivity contribution in [2.75, 3.05) is 4.90 Å². The molecule has 326 valence electrons. The van der Waals surface area contributed by atoms with Crippen LogP contribution in [0.15, 0.2) is 261 Å². The highest BCUT2D eigenvalue weighted by Gasteiger charge is 2.51. The summed E-state index contributed by atoms with van der Waals surface area (Å²) in [6.45, 7) is 0. The molecule has 70 heavy (non-hydrogen) atoms. The highest BCUT2D eigenvalue weighted by Crippen LogP contribution is 2.61. The Balaban J connectivity index is 0.995. The molecule has 0 radical (unpaired) electrons. The summed E-state index contributed by atoms with van der Waals surface area (Å²) < 4.78 is 4.94. The van der Waals surface area contributed by atoms with Gasteiger partial charge in [-0.2, -0.15) is 0 Å². The molecule has 13 aromatic rings. The third kappa shape index (κ3) is 5.34. The highest BCUT2D eigenvalue weighted by atomic mass is 15.1. The lowest BCUT2D eigenvalue weighted by molar-refractivity contribution is 0.748. The SMILES string of the molecule is c1ccc(-c2ccc(-c3ccccc3N(c3ccc(-n4c5ccccc5c5ccccc54)cc3)c3ccc4c(c3)C3(c5ccccc5-c5ccccc53)c3cccc5c6ccccc6n-4c35)cc2)cc1. The minimum absolute atomic E-state index is 0.582. The third-order valence-electron chi connectivity index (χ3n) is 15.3. The van der Waals surface area contributed by atoms with Gasteiger partial charge >= 0.3 is 0 Å². The third-order valence-corrected chi connectivity index (χ3v) is 15.3. The Kier molecular flexibility index (Phi) is 8.28. The van der Waals surface area contributed by atoms with E-state index in [0.29, 0.717) is 0 Å². The molecule has 0 saturated carbocycles. The Morgan fingerprint density at radius 1 is 0.300 bits per heavy atom. The maximum absolute atomic E-state index is 2.54. The van der Waals surface area contributed by atoms with Crippen molar-refractivity contribution in [2.45, 2.75) is 5.41 Å². The molecule has 0 atom stereocenters. The van der Waals surface area contributed by atoms with E-state index in [0.717, 1.165) is 33.9 Å². The van der Waals surface area contributed by atoms with Crippen LogP contribution in [0, 0.1) is 0 Å². The van der Waals surface area contributed by atoms with Gasteiger partial charge in [-0.3, -0.25) is 0 Å². The number of hydrogen-bond acceptors (Lipinski definition) is 1. The van der Waals surface area contributed by atoms with Gasteiger partial charge in [0.2, 0.25) is 0 Å². The van der Waals surface area contributed by atoms with Crippen molar-refractivity contribution in [2.24, 2.45) is 0 Å². The summed E-state index contributed by atoms with van der Waals surface area (Å²) in [5, 5.41) is 5.05. The molecule has 1 aliphatic heterocycles. The standard InChI is InChI=1S/C67H43N3/c1-2-17-44(18-3-1)45-33-35-46(36-34-45)50-19-6-12-29-61(50)68(47-37-39-48(40-38-47)69-62-30-13-7-22-53(62)54-23-8-14-31-63(54)69)49-41-42-65-60(43-49)67(57-26-10-4-20-51(57)52-21-5-11-27-58(52)67)59-28-16-25-56-55-24-9-15-32-64(55)70(65)66(56)59/h1-43H. The van der Waals surface area contributed by atoms with Crippen LogP contribution in [-0.4, -0.2) is 9.13 Å². The zero-order valence-electron chi connectivity index (χ0n) is 38.2. The topological polar surface area (TPSA) is 13.1 Å². The number of fused-ring (bicyclic) bond motifs is 15. The monoisotopic (exact) mass is 889 g/mol. The first-order valence-corrected chi connectivity index (χ1v) is 24.3. The minimum atomic E-state index is -0.582. The van der Waals surface area contributed by atoms with Crippen LogP contribution in [0.4, 0.5) is 17.1 Å². The van der Waals surface area contributed by atoms with Crippen LogP contribution in [0.1, 0.15) is 22.3 Å². The molecule has 0 fully saturated rings. The van der Waals surface area contributed by atoms with Crippen molar-refractivity contribution in [3.63, 3.8) is 0 Å². The van der Waals surface area contributed by atoms with Crippen LogP contribution in [0.2, 0.25) is 0 Å². The fourth-order valence-electron chi connectivity index (χ4n) is 12.5. The van der Waals surface area contributed by atoms with Gasteiger partial charge in [0.05, 0.1) is 38.9 Å². The van der Waals surface area contributed by atoms with Crippen molar-refractivity contribution < 1.29 is 0 Å². The smallest absolute Gasteiger partial charge is 0.0755 e. The van der Waals surface area contributed by atoms with E-state index in [-0.39, 0.29) is 0 Å². The summed E-state index contributed by atoms with van der Waals surface area (Å²) in [6.07, 6.45) is 0. The first kappa shape index (κ1) is 38.9. The molecule has 1 aliphatic carbocycles. The Hall–Kier alpha value is -9.18. The van der Waals surface area contributed by atoms with Gasteiger partial charge in [-0.05, 0) is 117 Å². The molecular formula is C67H43N3. The van der Waals surface area contributed by atoms with E-state index in [9.17, 15) is 0 Å². The predicted octanol–water partition coefficient (Wildman–Crippen LogP) is 17.4. The first-order valence-electron chi connectivity index (χ1n) is 24.3. The molecule has 15 rings (SSSR count). The molecule has 0 saturated heterocycles. The van der Waals surface area contributed by atoms with E-state index in [1.54, 1.807) is 0 Å². The van der Waals surface area contributed by atoms with Crippen molar-refractivity contribution in [3.05, 3.63) is 283 Å². The second-order valence-corrected chi connectivity index (χ2v) is 18.8. The lowest BCUT2D eigenvalue weighted by atomic mass is 9.65. The quantitative estimate of drug-likeness (QED) is 0.162. The maximum Gasteiger partial charge on any atom is 0.0755 e. The van der Waals surface area contributed by atoms with Crippen molar-refractivity contribution in [3.8, 4) is 44.8 Å². The molecule has 0 bridgehead atoms. The van der Waals surface area contributed by atoms with E-state index in [1.165, 1.54) is 93.8 Å². The molecular weight excluding hydrogens is 847 g/mol. The average Bonchev–Trinajstić information content (AvgIpc) is 4.06. The van der Waals surface area contributed by atoms with Crippen LogP contribution >= 0.6 is 0 Å². The Morgan fingerprint density at radius 2 is 0.786 bits per heavy atom. The summed E-state index contributed by atoms with van der Waals surface area (Å²) >= 11 is 0. The molecule has 3 heterocycles. The van der Waals surface area contributed by atoms with Gasteiger partial charge < -0.3 is 14.0 Å². The summed E-state index contributed by atoms with van der Waals surface area (Å²) in [4.78, 5) is 2.49. The largest absolute Gasteiger partial charge is 0.310 e. The molecule has 3 nitrogen and oxygen atoms in total. The van der Waals surface area contributed by atoms with Crippen LogP contribution in [-0.2, 0) is 5.41 Å². The Labute approximate surface area is 406 Å². The van der Waals surface area contributed by atoms with Gasteiger partial charge in [0.15, 0.2) is 0 Å². The molecule has 1 spiro atoms. The molecule has 2 aromatic heterocycles. The maximum atomic E-state index is 2.54. The summed E-state index contributed by atoms with van der Waals surface area (Å²) in [5.41, 5.74) is 22.4. The van der Waals surface area contributed by atoms with Crippen LogP contribution in [0.5, 0.6) is 0 Å². The molecule has 0 unspecified atom stereocenters. The lowest BCUT2D eigenvalue weighted by Gasteiger charge is -2.40. The number of aromatic nitrogens is 2. The average molecular weight is 890 g/mol. The lowest BCUT2D eigenvalue weighted by Crippen LogP contribution is -2.33. The minimum Gasteiger partial charge on any atom is -0.310 e. The van der Waals surface area contributed by atoms with Crippen molar-refractivity contribution >= 4 is 60.7 Å². The van der Waals surface area contributed by atoms with E-state index < -0.39 is 5.41 Å². The van der Waals surface area contributed by atoms with Crippen LogP contribution in [0.25, 0.3) is 88.4 Å². The predicted molar refractivity (Wildman–Crippen MR) is 292 cm³/mol. The summed E-state index contributed by atoms with van der Waals surface area (Å²) in [7, 11) is 0. The Bertz CT molecular complexity index is 4130. The van der Waals surface area contributed by atoms with E-state index in [4.69, 9.17) is 0 Å². The number of benzene rings is 11. The molecule has 3 heteroatoms. The first-order chi connectivity index (χ1) is 34.8. The second-order valence-electron chi connectivity index (χ2n) is 18.8. The van der Waals surface area contributed by atoms with Crippen molar-refractivity contribution in [1.82, 2.24) is 9.13 Å². The van der Waals surface area contributed by atoms with Gasteiger partial charge in [0.1, 0.15) is 0 Å². The molecule has 11 aromatic carbocycles. The number of para-hydroxylation sites is 5. The van der Waals surface area contributed by atoms with Gasteiger partial charge in [-0.25, -0.2) is 0 Å². The van der Waals surface area contributed by atoms with Gasteiger partial charge in [0, 0.05) is 44.2 Å².